The van der Waals surface area contributed by atoms with Gasteiger partial charge in [-0.25, -0.2) is 0 Å². The van der Waals surface area contributed by atoms with Gasteiger partial charge in [-0.1, -0.05) is 0 Å². The van der Waals surface area contributed by atoms with Crippen LogP contribution >= 0.6 is 0 Å². The van der Waals surface area contributed by atoms with E-state index in [1.54, 1.807) is 0 Å². The first-order chi connectivity index (χ1) is 7.59. The molecule has 1 aliphatic heterocycles. The number of carboxylic acids is 1. The van der Waals surface area contributed by atoms with E-state index in [2.05, 4.69) is 17.3 Å². The zero-order chi connectivity index (χ0) is 12.0. The molecule has 0 aliphatic carbocycles. The number of carbonyl (C=O) groups is 2. The predicted octanol–water partition coefficient (Wildman–Crippen LogP) is 0.309. The summed E-state index contributed by atoms with van der Waals surface area (Å²) in [6, 6.07) is 0. The highest BCUT2D eigenvalue weighted by atomic mass is 16.4. The fourth-order valence-corrected chi connectivity index (χ4v) is 1.87. The average Bonchev–Trinajstić information content (AvgIpc) is 2.25. The van der Waals surface area contributed by atoms with Gasteiger partial charge in [-0.15, -0.1) is 0 Å². The van der Waals surface area contributed by atoms with Crippen molar-refractivity contribution < 1.29 is 14.7 Å². The maximum atomic E-state index is 11.7. The van der Waals surface area contributed by atoms with E-state index < -0.39 is 5.97 Å². The molecule has 1 fully saturated rings. The number of nitrogens with zero attached hydrogens (tertiary/aromatic N) is 1. The van der Waals surface area contributed by atoms with Gasteiger partial charge < -0.3 is 15.3 Å². The molecule has 0 radical (unpaired) electrons. The Kier molecular flexibility index (Phi) is 5.25. The highest BCUT2D eigenvalue weighted by Gasteiger charge is 2.22. The van der Waals surface area contributed by atoms with Gasteiger partial charge in [0.05, 0.1) is 0 Å². The zero-order valence-electron chi connectivity index (χ0n) is 9.74. The number of hydrogen-bond acceptors (Lipinski definition) is 3. The van der Waals surface area contributed by atoms with E-state index in [1.807, 2.05) is 0 Å². The summed E-state index contributed by atoms with van der Waals surface area (Å²) < 4.78 is 0. The van der Waals surface area contributed by atoms with Crippen molar-refractivity contribution in [3.63, 3.8) is 0 Å². The zero-order valence-corrected chi connectivity index (χ0v) is 9.74. The summed E-state index contributed by atoms with van der Waals surface area (Å²) in [6.07, 6.45) is 2.43. The van der Waals surface area contributed by atoms with Gasteiger partial charge in [0.25, 0.3) is 0 Å². The van der Waals surface area contributed by atoms with Crippen molar-refractivity contribution in [3.05, 3.63) is 0 Å². The molecule has 0 aromatic rings. The molecule has 0 bridgehead atoms. The van der Waals surface area contributed by atoms with E-state index in [9.17, 15) is 9.59 Å². The van der Waals surface area contributed by atoms with E-state index in [0.717, 1.165) is 25.9 Å². The highest BCUT2D eigenvalue weighted by molar-refractivity contribution is 5.78. The van der Waals surface area contributed by atoms with E-state index in [0.29, 0.717) is 13.0 Å². The second-order valence-electron chi connectivity index (χ2n) is 4.37. The van der Waals surface area contributed by atoms with Gasteiger partial charge in [-0.2, -0.15) is 0 Å². The van der Waals surface area contributed by atoms with Crippen LogP contribution in [-0.4, -0.2) is 48.6 Å². The molecule has 0 saturated carbocycles. The van der Waals surface area contributed by atoms with E-state index in [-0.39, 0.29) is 18.2 Å². The molecule has 5 nitrogen and oxygen atoms in total. The van der Waals surface area contributed by atoms with Crippen molar-refractivity contribution in [1.29, 1.82) is 0 Å². The summed E-state index contributed by atoms with van der Waals surface area (Å²) >= 11 is 0. The number of carbonyl (C=O) groups excluding carboxylic acids is 1. The maximum absolute atomic E-state index is 11.7. The Hall–Kier alpha value is -1.10. The minimum absolute atomic E-state index is 0.0819. The highest BCUT2D eigenvalue weighted by Crippen LogP contribution is 2.15. The molecule has 2 N–H and O–H groups in total. The Morgan fingerprint density at radius 3 is 2.56 bits per heavy atom. The van der Waals surface area contributed by atoms with Gasteiger partial charge >= 0.3 is 5.97 Å². The summed E-state index contributed by atoms with van der Waals surface area (Å²) in [4.78, 5) is 24.2. The third-order valence-electron chi connectivity index (χ3n) is 2.96. The first-order valence-electron chi connectivity index (χ1n) is 5.77. The molecule has 1 amide bonds. The maximum Gasteiger partial charge on any atom is 0.303 e. The van der Waals surface area contributed by atoms with Gasteiger partial charge in [0.2, 0.25) is 5.91 Å². The summed E-state index contributed by atoms with van der Waals surface area (Å²) in [5.41, 5.74) is 0. The lowest BCUT2D eigenvalue weighted by atomic mass is 9.96. The fourth-order valence-electron chi connectivity index (χ4n) is 1.87. The molecule has 1 heterocycles. The van der Waals surface area contributed by atoms with Crippen LogP contribution in [0.15, 0.2) is 0 Å². The van der Waals surface area contributed by atoms with Gasteiger partial charge in [0.15, 0.2) is 0 Å². The molecular formula is C11H20N2O3. The number of nitrogens with one attached hydrogen (secondary N) is 1. The van der Waals surface area contributed by atoms with Crippen LogP contribution in [0.4, 0.5) is 0 Å². The van der Waals surface area contributed by atoms with E-state index >= 15 is 0 Å². The number of carboxylic acid groups (broad SMARTS) is 1. The van der Waals surface area contributed by atoms with Gasteiger partial charge in [0.1, 0.15) is 0 Å². The Balaban J connectivity index is 2.12. The number of amides is 1. The van der Waals surface area contributed by atoms with Crippen LogP contribution in [0.5, 0.6) is 0 Å². The normalized spacial score (nSPS) is 18.3. The lowest BCUT2D eigenvalue weighted by molar-refractivity contribution is -0.137. The van der Waals surface area contributed by atoms with Crippen LogP contribution in [0.3, 0.4) is 0 Å². The molecule has 16 heavy (non-hydrogen) atoms. The quantitative estimate of drug-likeness (QED) is 0.664. The molecular weight excluding hydrogens is 208 g/mol. The number of piperidine rings is 1. The van der Waals surface area contributed by atoms with Crippen LogP contribution in [0.2, 0.25) is 0 Å². The van der Waals surface area contributed by atoms with Gasteiger partial charge in [-0.3, -0.25) is 9.59 Å². The third-order valence-corrected chi connectivity index (χ3v) is 2.96. The Morgan fingerprint density at radius 1 is 1.38 bits per heavy atom. The number of rotatable bonds is 5. The number of hydrogen-bond donors (Lipinski definition) is 2. The van der Waals surface area contributed by atoms with Gasteiger partial charge in [0, 0.05) is 18.9 Å². The second-order valence-corrected chi connectivity index (χ2v) is 4.37. The predicted molar refractivity (Wildman–Crippen MR) is 60.1 cm³/mol. The van der Waals surface area contributed by atoms with Crippen molar-refractivity contribution in [3.8, 4) is 0 Å². The molecule has 0 atom stereocenters. The van der Waals surface area contributed by atoms with Gasteiger partial charge in [-0.05, 0) is 39.4 Å². The first kappa shape index (κ1) is 13.0. The Labute approximate surface area is 95.8 Å². The lowest BCUT2D eigenvalue weighted by Crippen LogP contribution is -2.39. The summed E-state index contributed by atoms with van der Waals surface area (Å²) in [7, 11) is 2.06. The molecule has 0 aromatic heterocycles. The minimum atomic E-state index is -0.812. The lowest BCUT2D eigenvalue weighted by Gasteiger charge is -2.28. The second kappa shape index (κ2) is 6.48. The summed E-state index contributed by atoms with van der Waals surface area (Å²) in [5, 5.41) is 11.2. The smallest absolute Gasteiger partial charge is 0.303 e. The molecule has 1 aliphatic rings. The van der Waals surface area contributed by atoms with Crippen molar-refractivity contribution in [2.45, 2.75) is 25.7 Å². The molecule has 92 valence electrons. The standard InChI is InChI=1S/C11H20N2O3/c1-13-7-4-9(5-8-13)11(16)12-6-2-3-10(14)15/h9H,2-8H2,1H3,(H,12,16)(H,14,15). The minimum Gasteiger partial charge on any atom is -0.481 e. The molecule has 1 rings (SSSR count). The fraction of sp³-hybridized carbons (Fsp3) is 0.818. The number of aliphatic carboxylic acids is 1. The van der Waals surface area contributed by atoms with Crippen molar-refractivity contribution in [1.82, 2.24) is 10.2 Å². The third kappa shape index (κ3) is 4.61. The number of likely N-dealkylation sites (tertiary alicyclic amines) is 1. The largest absolute Gasteiger partial charge is 0.481 e. The van der Waals surface area contributed by atoms with Crippen LogP contribution in [-0.2, 0) is 9.59 Å². The molecule has 0 aromatic carbocycles. The van der Waals surface area contributed by atoms with Crippen LogP contribution in [0.1, 0.15) is 25.7 Å². The molecule has 0 unspecified atom stereocenters. The van der Waals surface area contributed by atoms with Crippen molar-refractivity contribution in [2.24, 2.45) is 5.92 Å². The molecule has 5 heteroatoms. The first-order valence-corrected chi connectivity index (χ1v) is 5.77. The summed E-state index contributed by atoms with van der Waals surface area (Å²) in [6.45, 7) is 2.40. The van der Waals surface area contributed by atoms with Crippen molar-refractivity contribution in [2.75, 3.05) is 26.7 Å². The summed E-state index contributed by atoms with van der Waals surface area (Å²) in [5.74, 6) is -0.618. The SMILES string of the molecule is CN1CCC(C(=O)NCCCC(=O)O)CC1. The van der Waals surface area contributed by atoms with E-state index in [1.165, 1.54) is 0 Å². The molecule has 0 spiro atoms. The van der Waals surface area contributed by atoms with Crippen LogP contribution in [0.25, 0.3) is 0 Å². The monoisotopic (exact) mass is 228 g/mol. The molecule has 1 saturated heterocycles. The van der Waals surface area contributed by atoms with Crippen LogP contribution < -0.4 is 5.32 Å². The Bertz CT molecular complexity index is 248. The average molecular weight is 228 g/mol. The Morgan fingerprint density at radius 2 is 2.00 bits per heavy atom. The van der Waals surface area contributed by atoms with E-state index in [4.69, 9.17) is 5.11 Å². The topological polar surface area (TPSA) is 69.6 Å². The van der Waals surface area contributed by atoms with Crippen LogP contribution in [0, 0.1) is 5.92 Å². The van der Waals surface area contributed by atoms with Crippen molar-refractivity contribution >= 4 is 11.9 Å².